The summed E-state index contributed by atoms with van der Waals surface area (Å²) in [4.78, 5) is 22.4. The van der Waals surface area contributed by atoms with Crippen molar-refractivity contribution in [3.63, 3.8) is 0 Å². The summed E-state index contributed by atoms with van der Waals surface area (Å²) in [5, 5.41) is 0. The van der Waals surface area contributed by atoms with Gasteiger partial charge in [-0.05, 0) is 18.3 Å². The van der Waals surface area contributed by atoms with Crippen molar-refractivity contribution < 1.29 is 19.1 Å². The van der Waals surface area contributed by atoms with Crippen molar-refractivity contribution in [1.82, 2.24) is 0 Å². The summed E-state index contributed by atoms with van der Waals surface area (Å²) in [6.07, 6.45) is 1.14. The van der Waals surface area contributed by atoms with Gasteiger partial charge in [0.1, 0.15) is 12.2 Å². The topological polar surface area (TPSA) is 52.6 Å². The molecule has 0 unspecified atom stereocenters. The third-order valence-corrected chi connectivity index (χ3v) is 3.75. The number of carbonyl (C=O) groups excluding carboxylic acids is 2. The summed E-state index contributed by atoms with van der Waals surface area (Å²) < 4.78 is 10.8. The minimum Gasteiger partial charge on any atom is -0.462 e. The zero-order chi connectivity index (χ0) is 14.1. The van der Waals surface area contributed by atoms with Gasteiger partial charge in [-0.15, -0.1) is 0 Å². The third kappa shape index (κ3) is 3.47. The Hall–Kier alpha value is -1.06. The summed E-state index contributed by atoms with van der Waals surface area (Å²) in [5.74, 6) is -0.570. The van der Waals surface area contributed by atoms with E-state index in [1.165, 1.54) is 13.8 Å². The van der Waals surface area contributed by atoms with Gasteiger partial charge in [0, 0.05) is 19.3 Å². The second-order valence-corrected chi connectivity index (χ2v) is 6.59. The predicted molar refractivity (Wildman–Crippen MR) is 67.9 cm³/mol. The van der Waals surface area contributed by atoms with Crippen LogP contribution in [0.4, 0.5) is 0 Å². The second-order valence-electron chi connectivity index (χ2n) is 6.59. The summed E-state index contributed by atoms with van der Waals surface area (Å²) in [6.45, 7) is 11.0. The molecule has 1 fully saturated rings. The minimum absolute atomic E-state index is 0.00421. The van der Waals surface area contributed by atoms with Crippen molar-refractivity contribution in [2.24, 2.45) is 10.8 Å². The number of ether oxygens (including phenoxy) is 2. The molecule has 104 valence electrons. The molecule has 0 heterocycles. The van der Waals surface area contributed by atoms with E-state index >= 15 is 0 Å². The van der Waals surface area contributed by atoms with E-state index in [1.54, 1.807) is 0 Å². The Morgan fingerprint density at radius 3 is 1.50 bits per heavy atom. The van der Waals surface area contributed by atoms with E-state index < -0.39 is 0 Å². The van der Waals surface area contributed by atoms with E-state index in [1.807, 2.05) is 13.8 Å². The summed E-state index contributed by atoms with van der Waals surface area (Å²) >= 11 is 0. The van der Waals surface area contributed by atoms with Gasteiger partial charge in [-0.2, -0.15) is 0 Å². The first-order chi connectivity index (χ1) is 8.04. The SMILES string of the molecule is CC(=O)O[C@H]1CC(C)(C)C[C@H](OC(C)=O)C1(C)C. The van der Waals surface area contributed by atoms with Crippen LogP contribution in [0.15, 0.2) is 0 Å². The highest BCUT2D eigenvalue weighted by Crippen LogP contribution is 2.47. The van der Waals surface area contributed by atoms with Gasteiger partial charge in [0.25, 0.3) is 0 Å². The van der Waals surface area contributed by atoms with Crippen LogP contribution in [0.2, 0.25) is 0 Å². The highest BCUT2D eigenvalue weighted by Gasteiger charge is 2.50. The molecule has 4 nitrogen and oxygen atoms in total. The van der Waals surface area contributed by atoms with Crippen LogP contribution < -0.4 is 0 Å². The Labute approximate surface area is 109 Å². The molecule has 0 spiro atoms. The molecule has 1 aliphatic rings. The standard InChI is InChI=1S/C14H24O4/c1-9(15)17-11-7-13(3,4)8-12(14(11,5)6)18-10(2)16/h11-12H,7-8H2,1-6H3/t11-,12-/m0/s1. The van der Waals surface area contributed by atoms with E-state index in [2.05, 4.69) is 13.8 Å². The van der Waals surface area contributed by atoms with Gasteiger partial charge >= 0.3 is 11.9 Å². The van der Waals surface area contributed by atoms with E-state index in [0.29, 0.717) is 0 Å². The molecule has 0 aromatic carbocycles. The first-order valence-corrected chi connectivity index (χ1v) is 6.39. The maximum atomic E-state index is 11.2. The van der Waals surface area contributed by atoms with Gasteiger partial charge in [-0.1, -0.05) is 27.7 Å². The Morgan fingerprint density at radius 1 is 0.889 bits per heavy atom. The highest BCUT2D eigenvalue weighted by atomic mass is 16.6. The number of rotatable bonds is 2. The van der Waals surface area contributed by atoms with Crippen molar-refractivity contribution in [1.29, 1.82) is 0 Å². The van der Waals surface area contributed by atoms with Crippen LogP contribution in [0, 0.1) is 10.8 Å². The molecule has 0 N–H and O–H groups in total. The lowest BCUT2D eigenvalue weighted by Gasteiger charge is -2.49. The molecule has 0 aliphatic heterocycles. The fourth-order valence-electron chi connectivity index (χ4n) is 2.61. The van der Waals surface area contributed by atoms with Crippen LogP contribution in [-0.4, -0.2) is 24.1 Å². The maximum absolute atomic E-state index is 11.2. The summed E-state index contributed by atoms with van der Waals surface area (Å²) in [5.41, 5.74) is -0.359. The third-order valence-electron chi connectivity index (χ3n) is 3.75. The molecular weight excluding hydrogens is 232 g/mol. The lowest BCUT2D eigenvalue weighted by molar-refractivity contribution is -0.185. The van der Waals surface area contributed by atoms with E-state index in [9.17, 15) is 9.59 Å². The monoisotopic (exact) mass is 256 g/mol. The molecule has 4 heteroatoms. The van der Waals surface area contributed by atoms with Crippen LogP contribution in [0.3, 0.4) is 0 Å². The van der Waals surface area contributed by atoms with Crippen molar-refractivity contribution in [2.75, 3.05) is 0 Å². The zero-order valence-corrected chi connectivity index (χ0v) is 12.2. The van der Waals surface area contributed by atoms with Crippen molar-refractivity contribution >= 4 is 11.9 Å². The quantitative estimate of drug-likeness (QED) is 0.713. The molecule has 1 saturated carbocycles. The van der Waals surface area contributed by atoms with Crippen molar-refractivity contribution in [3.8, 4) is 0 Å². The first kappa shape index (κ1) is 15.0. The van der Waals surface area contributed by atoms with Crippen LogP contribution >= 0.6 is 0 Å². The zero-order valence-electron chi connectivity index (χ0n) is 12.2. The van der Waals surface area contributed by atoms with Gasteiger partial charge in [-0.25, -0.2) is 0 Å². The van der Waals surface area contributed by atoms with Crippen LogP contribution in [0.1, 0.15) is 54.4 Å². The van der Waals surface area contributed by atoms with E-state index in [4.69, 9.17) is 9.47 Å². The van der Waals surface area contributed by atoms with Crippen LogP contribution in [-0.2, 0) is 19.1 Å². The van der Waals surface area contributed by atoms with Gasteiger partial charge in [-0.3, -0.25) is 9.59 Å². The molecule has 0 saturated heterocycles. The molecule has 0 aromatic heterocycles. The second kappa shape index (κ2) is 4.90. The molecule has 1 rings (SSSR count). The number of carbonyl (C=O) groups is 2. The van der Waals surface area contributed by atoms with E-state index in [-0.39, 0.29) is 35.0 Å². The minimum atomic E-state index is -0.354. The van der Waals surface area contributed by atoms with Gasteiger partial charge in [0.2, 0.25) is 0 Å². The van der Waals surface area contributed by atoms with Crippen LogP contribution in [0.5, 0.6) is 0 Å². The van der Waals surface area contributed by atoms with Crippen LogP contribution in [0.25, 0.3) is 0 Å². The molecule has 0 aromatic rings. The smallest absolute Gasteiger partial charge is 0.302 e. The van der Waals surface area contributed by atoms with Gasteiger partial charge in [0.05, 0.1) is 0 Å². The summed E-state index contributed by atoms with van der Waals surface area (Å²) in [6, 6.07) is 0. The molecule has 0 radical (unpaired) electrons. The molecular formula is C14H24O4. The molecule has 18 heavy (non-hydrogen) atoms. The van der Waals surface area contributed by atoms with E-state index in [0.717, 1.165) is 12.8 Å². The average molecular weight is 256 g/mol. The fourth-order valence-corrected chi connectivity index (χ4v) is 2.61. The average Bonchev–Trinajstić information content (AvgIpc) is 2.11. The van der Waals surface area contributed by atoms with Gasteiger partial charge < -0.3 is 9.47 Å². The maximum Gasteiger partial charge on any atom is 0.302 e. The summed E-state index contributed by atoms with van der Waals surface area (Å²) in [7, 11) is 0. The molecule has 0 bridgehead atoms. The molecule has 2 atom stereocenters. The Balaban J connectivity index is 2.96. The lowest BCUT2D eigenvalue weighted by Crippen LogP contribution is -2.52. The number of esters is 2. The largest absolute Gasteiger partial charge is 0.462 e. The molecule has 1 aliphatic carbocycles. The van der Waals surface area contributed by atoms with Crippen molar-refractivity contribution in [2.45, 2.75) is 66.6 Å². The van der Waals surface area contributed by atoms with Gasteiger partial charge in [0.15, 0.2) is 0 Å². The first-order valence-electron chi connectivity index (χ1n) is 6.39. The Bertz CT molecular complexity index is 314. The number of hydrogen-bond acceptors (Lipinski definition) is 4. The highest BCUT2D eigenvalue weighted by molar-refractivity contribution is 5.67. The normalized spacial score (nSPS) is 29.4. The Kier molecular flexibility index (Phi) is 4.08. The molecule has 0 amide bonds. The predicted octanol–water partition coefficient (Wildman–Crippen LogP) is 2.70. The Morgan fingerprint density at radius 2 is 1.22 bits per heavy atom. The lowest BCUT2D eigenvalue weighted by atomic mass is 9.63. The van der Waals surface area contributed by atoms with Crippen molar-refractivity contribution in [3.05, 3.63) is 0 Å². The fraction of sp³-hybridized carbons (Fsp3) is 0.857. The number of hydrogen-bond donors (Lipinski definition) is 0.